The van der Waals surface area contributed by atoms with Crippen molar-refractivity contribution < 1.29 is 14.3 Å². The minimum absolute atomic E-state index is 0.160. The van der Waals surface area contributed by atoms with Crippen LogP contribution in [-0.2, 0) is 9.53 Å². The Labute approximate surface area is 177 Å². The van der Waals surface area contributed by atoms with Gasteiger partial charge in [0, 0.05) is 24.8 Å². The van der Waals surface area contributed by atoms with E-state index in [4.69, 9.17) is 9.84 Å². The van der Waals surface area contributed by atoms with Gasteiger partial charge in [-0.25, -0.2) is 4.68 Å². The first-order valence-electron chi connectivity index (χ1n) is 10.0. The minimum atomic E-state index is -0.412. The van der Waals surface area contributed by atoms with Crippen LogP contribution in [0.25, 0.3) is 16.9 Å². The van der Waals surface area contributed by atoms with E-state index in [1.807, 2.05) is 68.4 Å². The number of para-hydroxylation sites is 1. The molecule has 1 amide bonds. The number of benzene rings is 2. The van der Waals surface area contributed by atoms with Crippen molar-refractivity contribution in [1.29, 1.82) is 0 Å². The molecular formula is C24H27N3O3. The number of amides is 1. The lowest BCUT2D eigenvalue weighted by Crippen LogP contribution is -2.37. The number of aromatic nitrogens is 2. The van der Waals surface area contributed by atoms with Gasteiger partial charge in [0.1, 0.15) is 5.69 Å². The van der Waals surface area contributed by atoms with Crippen LogP contribution in [0.1, 0.15) is 29.8 Å². The Kier molecular flexibility index (Phi) is 6.67. The second kappa shape index (κ2) is 9.39. The quantitative estimate of drug-likeness (QED) is 0.555. The highest BCUT2D eigenvalue weighted by Crippen LogP contribution is 2.26. The molecule has 156 valence electrons. The second-order valence-corrected chi connectivity index (χ2v) is 7.31. The first kappa shape index (κ1) is 21.3. The zero-order valence-corrected chi connectivity index (χ0v) is 17.8. The highest BCUT2D eigenvalue weighted by molar-refractivity contribution is 6.00. The average Bonchev–Trinajstić information content (AvgIpc) is 3.22. The molecule has 0 fully saturated rings. The predicted molar refractivity (Wildman–Crippen MR) is 116 cm³/mol. The number of carbonyl (C=O) groups excluding carboxylic acids is 2. The fourth-order valence-electron chi connectivity index (χ4n) is 3.38. The van der Waals surface area contributed by atoms with E-state index in [1.54, 1.807) is 22.7 Å². The van der Waals surface area contributed by atoms with Gasteiger partial charge in [-0.05, 0) is 32.0 Å². The molecule has 0 radical (unpaired) electrons. The van der Waals surface area contributed by atoms with Gasteiger partial charge in [-0.3, -0.25) is 9.59 Å². The first-order chi connectivity index (χ1) is 14.4. The van der Waals surface area contributed by atoms with Crippen molar-refractivity contribution in [3.05, 3.63) is 71.9 Å². The minimum Gasteiger partial charge on any atom is -0.469 e. The van der Waals surface area contributed by atoms with Gasteiger partial charge < -0.3 is 9.64 Å². The summed E-state index contributed by atoms with van der Waals surface area (Å²) in [7, 11) is 1.36. The van der Waals surface area contributed by atoms with Crippen molar-refractivity contribution in [2.45, 2.75) is 20.8 Å². The number of hydrogen-bond acceptors (Lipinski definition) is 4. The van der Waals surface area contributed by atoms with Gasteiger partial charge in [0.15, 0.2) is 0 Å². The van der Waals surface area contributed by atoms with E-state index in [2.05, 4.69) is 0 Å². The van der Waals surface area contributed by atoms with E-state index in [0.717, 1.165) is 16.8 Å². The lowest BCUT2D eigenvalue weighted by Gasteiger charge is -2.23. The summed E-state index contributed by atoms with van der Waals surface area (Å²) in [5.41, 5.74) is 3.97. The molecule has 0 aliphatic rings. The summed E-state index contributed by atoms with van der Waals surface area (Å²) >= 11 is 0. The molecule has 1 unspecified atom stereocenters. The number of nitrogens with zero attached hydrogens (tertiary/aromatic N) is 3. The Morgan fingerprint density at radius 3 is 2.50 bits per heavy atom. The van der Waals surface area contributed by atoms with Crippen molar-refractivity contribution in [1.82, 2.24) is 14.7 Å². The van der Waals surface area contributed by atoms with E-state index >= 15 is 0 Å². The fraction of sp³-hybridized carbons (Fsp3) is 0.292. The standard InChI is InChI=1S/C24H27N3O3/c1-5-26(15-18(3)24(29)30-4)23(28)21-16-27(20-12-7-6-8-13-20)25-22(21)19-11-9-10-17(2)14-19/h6-14,16,18H,5,15H2,1-4H3. The molecule has 0 aliphatic carbocycles. The van der Waals surface area contributed by atoms with E-state index < -0.39 is 5.92 Å². The summed E-state index contributed by atoms with van der Waals surface area (Å²) in [6.07, 6.45) is 1.76. The molecule has 3 aromatic rings. The maximum Gasteiger partial charge on any atom is 0.310 e. The van der Waals surface area contributed by atoms with Crippen LogP contribution in [0.15, 0.2) is 60.8 Å². The maximum atomic E-state index is 13.5. The molecule has 0 bridgehead atoms. The average molecular weight is 405 g/mol. The van der Waals surface area contributed by atoms with Crippen LogP contribution in [0.4, 0.5) is 0 Å². The number of hydrogen-bond donors (Lipinski definition) is 0. The van der Waals surface area contributed by atoms with E-state index in [0.29, 0.717) is 17.8 Å². The summed E-state index contributed by atoms with van der Waals surface area (Å²) in [6.45, 7) is 6.43. The SMILES string of the molecule is CCN(CC(C)C(=O)OC)C(=O)c1cn(-c2ccccc2)nc1-c1cccc(C)c1. The van der Waals surface area contributed by atoms with Crippen LogP contribution in [0.3, 0.4) is 0 Å². The summed E-state index contributed by atoms with van der Waals surface area (Å²) in [5, 5.41) is 4.74. The molecule has 6 heteroatoms. The normalized spacial score (nSPS) is 11.7. The molecule has 2 aromatic carbocycles. The Morgan fingerprint density at radius 2 is 1.87 bits per heavy atom. The number of esters is 1. The lowest BCUT2D eigenvalue weighted by atomic mass is 10.0. The summed E-state index contributed by atoms with van der Waals surface area (Å²) in [6, 6.07) is 17.6. The monoisotopic (exact) mass is 405 g/mol. The van der Waals surface area contributed by atoms with Gasteiger partial charge in [-0.15, -0.1) is 0 Å². The van der Waals surface area contributed by atoms with Crippen LogP contribution in [0, 0.1) is 12.8 Å². The largest absolute Gasteiger partial charge is 0.469 e. The highest BCUT2D eigenvalue weighted by atomic mass is 16.5. The molecule has 1 heterocycles. The third-order valence-corrected chi connectivity index (χ3v) is 5.02. The van der Waals surface area contributed by atoms with Crippen molar-refractivity contribution in [3.63, 3.8) is 0 Å². The zero-order chi connectivity index (χ0) is 21.7. The lowest BCUT2D eigenvalue weighted by molar-refractivity contribution is -0.145. The van der Waals surface area contributed by atoms with Crippen LogP contribution >= 0.6 is 0 Å². The Hall–Kier alpha value is -3.41. The Morgan fingerprint density at radius 1 is 1.13 bits per heavy atom. The van der Waals surface area contributed by atoms with Crippen molar-refractivity contribution in [2.24, 2.45) is 5.92 Å². The number of aryl methyl sites for hydroxylation is 1. The number of carbonyl (C=O) groups is 2. The van der Waals surface area contributed by atoms with E-state index in [9.17, 15) is 9.59 Å². The van der Waals surface area contributed by atoms with Crippen molar-refractivity contribution >= 4 is 11.9 Å². The highest BCUT2D eigenvalue weighted by Gasteiger charge is 2.26. The van der Waals surface area contributed by atoms with E-state index in [-0.39, 0.29) is 18.4 Å². The summed E-state index contributed by atoms with van der Waals surface area (Å²) in [4.78, 5) is 27.0. The number of rotatable bonds is 7. The Bertz CT molecular complexity index is 1030. The third-order valence-electron chi connectivity index (χ3n) is 5.02. The smallest absolute Gasteiger partial charge is 0.310 e. The van der Waals surface area contributed by atoms with Crippen LogP contribution in [0.5, 0.6) is 0 Å². The van der Waals surface area contributed by atoms with Gasteiger partial charge >= 0.3 is 5.97 Å². The summed E-state index contributed by atoms with van der Waals surface area (Å²) < 4.78 is 6.54. The number of ether oxygens (including phenoxy) is 1. The van der Waals surface area contributed by atoms with Crippen LogP contribution in [-0.4, -0.2) is 46.8 Å². The van der Waals surface area contributed by atoms with Gasteiger partial charge in [-0.2, -0.15) is 5.10 Å². The Balaban J connectivity index is 2.04. The molecule has 3 rings (SSSR count). The predicted octanol–water partition coefficient (Wildman–Crippen LogP) is 4.12. The van der Waals surface area contributed by atoms with E-state index in [1.165, 1.54) is 7.11 Å². The molecule has 1 atom stereocenters. The summed E-state index contributed by atoms with van der Waals surface area (Å²) in [5.74, 6) is -0.905. The third kappa shape index (κ3) is 4.59. The number of methoxy groups -OCH3 is 1. The van der Waals surface area contributed by atoms with Gasteiger partial charge in [-0.1, -0.05) is 48.9 Å². The molecule has 0 aliphatic heterocycles. The molecule has 1 aromatic heterocycles. The van der Waals surface area contributed by atoms with Gasteiger partial charge in [0.2, 0.25) is 0 Å². The molecular weight excluding hydrogens is 378 g/mol. The van der Waals surface area contributed by atoms with Crippen LogP contribution < -0.4 is 0 Å². The maximum absolute atomic E-state index is 13.5. The molecule has 30 heavy (non-hydrogen) atoms. The molecule has 0 saturated carbocycles. The first-order valence-corrected chi connectivity index (χ1v) is 10.0. The molecule has 0 spiro atoms. The van der Waals surface area contributed by atoms with Gasteiger partial charge in [0.25, 0.3) is 5.91 Å². The topological polar surface area (TPSA) is 64.4 Å². The fourth-order valence-corrected chi connectivity index (χ4v) is 3.38. The van der Waals surface area contributed by atoms with Crippen molar-refractivity contribution in [2.75, 3.05) is 20.2 Å². The van der Waals surface area contributed by atoms with Crippen molar-refractivity contribution in [3.8, 4) is 16.9 Å². The zero-order valence-electron chi connectivity index (χ0n) is 17.8. The molecule has 0 saturated heterocycles. The molecule has 0 N–H and O–H groups in total. The second-order valence-electron chi connectivity index (χ2n) is 7.31. The van der Waals surface area contributed by atoms with Gasteiger partial charge in [0.05, 0.1) is 24.3 Å². The molecule has 6 nitrogen and oxygen atoms in total. The van der Waals surface area contributed by atoms with Crippen LogP contribution in [0.2, 0.25) is 0 Å².